The zero-order valence-electron chi connectivity index (χ0n) is 12.8. The second kappa shape index (κ2) is 6.98. The minimum atomic E-state index is 0.119. The fourth-order valence-electron chi connectivity index (χ4n) is 3.08. The van der Waals surface area contributed by atoms with Gasteiger partial charge < -0.3 is 15.2 Å². The number of rotatable bonds is 5. The van der Waals surface area contributed by atoms with Gasteiger partial charge in [-0.3, -0.25) is 0 Å². The number of hydrogen-bond acceptors (Lipinski definition) is 3. The quantitative estimate of drug-likeness (QED) is 0.894. The molecule has 3 heteroatoms. The molecule has 112 valence electrons. The van der Waals surface area contributed by atoms with Crippen molar-refractivity contribution in [1.29, 1.82) is 0 Å². The summed E-state index contributed by atoms with van der Waals surface area (Å²) in [5.74, 6) is 2.99. The molecule has 3 nitrogen and oxygen atoms in total. The fourth-order valence-corrected chi connectivity index (χ4v) is 3.08. The summed E-state index contributed by atoms with van der Waals surface area (Å²) in [6.45, 7) is 7.36. The largest absolute Gasteiger partial charge is 0.494 e. The molecule has 1 fully saturated rings. The number of ether oxygens (including phenoxy) is 2. The van der Waals surface area contributed by atoms with E-state index < -0.39 is 0 Å². The Bertz CT molecular complexity index is 392. The Morgan fingerprint density at radius 2 is 1.75 bits per heavy atom. The Kier molecular flexibility index (Phi) is 5.30. The summed E-state index contributed by atoms with van der Waals surface area (Å²) >= 11 is 0. The first-order valence-corrected chi connectivity index (χ1v) is 7.75. The summed E-state index contributed by atoms with van der Waals surface area (Å²) in [6, 6.07) is 8.01. The normalized spacial score (nSPS) is 30.0. The third-order valence-electron chi connectivity index (χ3n) is 4.00. The number of benzene rings is 1. The molecular formula is C17H27NO2. The van der Waals surface area contributed by atoms with Crippen molar-refractivity contribution in [3.05, 3.63) is 24.3 Å². The van der Waals surface area contributed by atoms with Crippen molar-refractivity contribution in [2.24, 2.45) is 17.6 Å². The van der Waals surface area contributed by atoms with Crippen LogP contribution in [0.5, 0.6) is 11.5 Å². The molecule has 4 unspecified atom stereocenters. The highest BCUT2D eigenvalue weighted by Crippen LogP contribution is 2.31. The lowest BCUT2D eigenvalue weighted by molar-refractivity contribution is 0.0625. The third-order valence-corrected chi connectivity index (χ3v) is 4.00. The summed E-state index contributed by atoms with van der Waals surface area (Å²) in [5, 5.41) is 0. The second-order valence-electron chi connectivity index (χ2n) is 6.12. The molecule has 1 saturated carbocycles. The SMILES string of the molecule is CCCOc1ccc(OC2C(C)CC(C)CC2N)cc1. The summed E-state index contributed by atoms with van der Waals surface area (Å²) < 4.78 is 11.7. The Morgan fingerprint density at radius 3 is 2.35 bits per heavy atom. The lowest BCUT2D eigenvalue weighted by Gasteiger charge is -2.37. The van der Waals surface area contributed by atoms with E-state index in [0.29, 0.717) is 11.8 Å². The van der Waals surface area contributed by atoms with E-state index in [1.807, 2.05) is 24.3 Å². The highest BCUT2D eigenvalue weighted by Gasteiger charge is 2.33. The van der Waals surface area contributed by atoms with Gasteiger partial charge in [-0.15, -0.1) is 0 Å². The smallest absolute Gasteiger partial charge is 0.120 e. The maximum absolute atomic E-state index is 6.25. The highest BCUT2D eigenvalue weighted by atomic mass is 16.5. The van der Waals surface area contributed by atoms with E-state index >= 15 is 0 Å². The van der Waals surface area contributed by atoms with Crippen LogP contribution in [0.4, 0.5) is 0 Å². The van der Waals surface area contributed by atoms with Crippen LogP contribution < -0.4 is 15.2 Å². The van der Waals surface area contributed by atoms with Gasteiger partial charge in [-0.25, -0.2) is 0 Å². The molecule has 0 saturated heterocycles. The van der Waals surface area contributed by atoms with Gasteiger partial charge in [0.25, 0.3) is 0 Å². The van der Waals surface area contributed by atoms with Crippen molar-refractivity contribution in [2.45, 2.75) is 52.2 Å². The predicted molar refractivity (Wildman–Crippen MR) is 82.2 cm³/mol. The molecule has 0 aliphatic heterocycles. The lowest BCUT2D eigenvalue weighted by atomic mass is 9.78. The molecule has 1 aromatic rings. The molecule has 1 aliphatic carbocycles. The van der Waals surface area contributed by atoms with Crippen LogP contribution in [0.15, 0.2) is 24.3 Å². The fraction of sp³-hybridized carbons (Fsp3) is 0.647. The molecule has 0 amide bonds. The van der Waals surface area contributed by atoms with Crippen molar-refractivity contribution in [2.75, 3.05) is 6.61 Å². The van der Waals surface area contributed by atoms with E-state index in [9.17, 15) is 0 Å². The third kappa shape index (κ3) is 3.89. The molecule has 0 aromatic heterocycles. The summed E-state index contributed by atoms with van der Waals surface area (Å²) in [7, 11) is 0. The second-order valence-corrected chi connectivity index (χ2v) is 6.12. The first-order valence-electron chi connectivity index (χ1n) is 7.75. The average molecular weight is 277 g/mol. The van der Waals surface area contributed by atoms with E-state index in [4.69, 9.17) is 15.2 Å². The van der Waals surface area contributed by atoms with Crippen molar-refractivity contribution in [1.82, 2.24) is 0 Å². The Labute approximate surface area is 122 Å². The Morgan fingerprint density at radius 1 is 1.10 bits per heavy atom. The molecule has 0 spiro atoms. The lowest BCUT2D eigenvalue weighted by Crippen LogP contribution is -2.48. The van der Waals surface area contributed by atoms with E-state index in [0.717, 1.165) is 30.9 Å². The molecule has 1 aromatic carbocycles. The van der Waals surface area contributed by atoms with Crippen LogP contribution in [0.1, 0.15) is 40.0 Å². The molecule has 0 radical (unpaired) electrons. The van der Waals surface area contributed by atoms with Crippen LogP contribution >= 0.6 is 0 Å². The van der Waals surface area contributed by atoms with Gasteiger partial charge in [-0.05, 0) is 55.4 Å². The monoisotopic (exact) mass is 277 g/mol. The van der Waals surface area contributed by atoms with Crippen LogP contribution in [0.25, 0.3) is 0 Å². The molecule has 20 heavy (non-hydrogen) atoms. The summed E-state index contributed by atoms with van der Waals surface area (Å²) in [4.78, 5) is 0. The maximum atomic E-state index is 6.25. The molecule has 1 aliphatic rings. The van der Waals surface area contributed by atoms with Gasteiger partial charge in [0, 0.05) is 6.04 Å². The minimum absolute atomic E-state index is 0.119. The molecule has 0 bridgehead atoms. The van der Waals surface area contributed by atoms with Crippen LogP contribution in [-0.2, 0) is 0 Å². The van der Waals surface area contributed by atoms with Crippen molar-refractivity contribution >= 4 is 0 Å². The van der Waals surface area contributed by atoms with Crippen LogP contribution in [0.3, 0.4) is 0 Å². The first kappa shape index (κ1) is 15.2. The van der Waals surface area contributed by atoms with Crippen molar-refractivity contribution in [3.63, 3.8) is 0 Å². The van der Waals surface area contributed by atoms with E-state index in [1.165, 1.54) is 6.42 Å². The van der Waals surface area contributed by atoms with E-state index in [1.54, 1.807) is 0 Å². The number of nitrogens with two attached hydrogens (primary N) is 1. The average Bonchev–Trinajstić information content (AvgIpc) is 2.42. The zero-order valence-corrected chi connectivity index (χ0v) is 12.8. The van der Waals surface area contributed by atoms with Gasteiger partial charge in [-0.1, -0.05) is 20.8 Å². The maximum Gasteiger partial charge on any atom is 0.120 e. The van der Waals surface area contributed by atoms with Gasteiger partial charge in [0.05, 0.1) is 6.61 Å². The summed E-state index contributed by atoms with van der Waals surface area (Å²) in [5.41, 5.74) is 6.25. The molecule has 4 atom stereocenters. The van der Waals surface area contributed by atoms with Gasteiger partial charge in [0.2, 0.25) is 0 Å². The Balaban J connectivity index is 1.95. The molecule has 2 rings (SSSR count). The molecule has 2 N–H and O–H groups in total. The molecular weight excluding hydrogens is 250 g/mol. The zero-order chi connectivity index (χ0) is 14.5. The van der Waals surface area contributed by atoms with Crippen LogP contribution in [0, 0.1) is 11.8 Å². The van der Waals surface area contributed by atoms with Gasteiger partial charge >= 0.3 is 0 Å². The van der Waals surface area contributed by atoms with Gasteiger partial charge in [-0.2, -0.15) is 0 Å². The van der Waals surface area contributed by atoms with E-state index in [-0.39, 0.29) is 12.1 Å². The first-order chi connectivity index (χ1) is 9.60. The molecule has 0 heterocycles. The van der Waals surface area contributed by atoms with Crippen LogP contribution in [0.2, 0.25) is 0 Å². The highest BCUT2D eigenvalue weighted by molar-refractivity contribution is 5.31. The topological polar surface area (TPSA) is 44.5 Å². The standard InChI is InChI=1S/C17H27NO2/c1-4-9-19-14-5-7-15(8-6-14)20-17-13(3)10-12(2)11-16(17)18/h5-8,12-13,16-17H,4,9-11,18H2,1-3H3. The van der Waals surface area contributed by atoms with E-state index in [2.05, 4.69) is 20.8 Å². The van der Waals surface area contributed by atoms with Crippen molar-refractivity contribution < 1.29 is 9.47 Å². The summed E-state index contributed by atoms with van der Waals surface area (Å²) in [6.07, 6.45) is 3.38. The van der Waals surface area contributed by atoms with Gasteiger partial charge in [0.1, 0.15) is 17.6 Å². The number of hydrogen-bond donors (Lipinski definition) is 1. The minimum Gasteiger partial charge on any atom is -0.494 e. The van der Waals surface area contributed by atoms with Gasteiger partial charge in [0.15, 0.2) is 0 Å². The van der Waals surface area contributed by atoms with Crippen LogP contribution in [-0.4, -0.2) is 18.8 Å². The predicted octanol–water partition coefficient (Wildman–Crippen LogP) is 3.62. The van der Waals surface area contributed by atoms with Crippen molar-refractivity contribution in [3.8, 4) is 11.5 Å². The Hall–Kier alpha value is -1.22.